The number of benzene rings is 3. The molecule has 0 heterocycles. The summed E-state index contributed by atoms with van der Waals surface area (Å²) < 4.78 is 75.5. The van der Waals surface area contributed by atoms with Crippen LogP contribution in [0.1, 0.15) is 87.1 Å². The third-order valence-electron chi connectivity index (χ3n) is 7.45. The molecule has 1 fully saturated rings. The number of rotatable bonds is 12. The number of halogens is 4. The summed E-state index contributed by atoms with van der Waals surface area (Å²) in [5, 5.41) is 0. The molecule has 4 rings (SSSR count). The summed E-state index contributed by atoms with van der Waals surface area (Å²) in [4.78, 5) is 12.6. The van der Waals surface area contributed by atoms with Crippen molar-refractivity contribution in [2.75, 3.05) is 13.2 Å². The molecule has 0 bridgehead atoms. The first-order valence-corrected chi connectivity index (χ1v) is 14.4. The average molecular weight is 573 g/mol. The Morgan fingerprint density at radius 3 is 2.05 bits per heavy atom. The molecule has 0 spiro atoms. The van der Waals surface area contributed by atoms with Crippen molar-refractivity contribution in [1.82, 2.24) is 0 Å². The predicted octanol–water partition coefficient (Wildman–Crippen LogP) is 9.15. The van der Waals surface area contributed by atoms with Gasteiger partial charge in [0.15, 0.2) is 23.2 Å². The summed E-state index contributed by atoms with van der Waals surface area (Å²) >= 11 is 0. The summed E-state index contributed by atoms with van der Waals surface area (Å²) in [6.07, 6.45) is 4.65. The molecule has 0 aromatic heterocycles. The molecular formula is C33H36F4O4. The molecule has 1 saturated carbocycles. The normalized spacial score (nSPS) is 16.8. The molecule has 4 nitrogen and oxygen atoms in total. The lowest BCUT2D eigenvalue weighted by atomic mass is 9.82. The van der Waals surface area contributed by atoms with Gasteiger partial charge in [-0.2, -0.15) is 4.39 Å². The molecule has 1 aliphatic rings. The van der Waals surface area contributed by atoms with Crippen LogP contribution in [-0.4, -0.2) is 25.3 Å². The molecule has 0 unspecified atom stereocenters. The van der Waals surface area contributed by atoms with Crippen LogP contribution in [0.15, 0.2) is 48.5 Å². The van der Waals surface area contributed by atoms with Crippen molar-refractivity contribution in [2.45, 2.75) is 77.2 Å². The van der Waals surface area contributed by atoms with Gasteiger partial charge in [0.1, 0.15) is 11.9 Å². The van der Waals surface area contributed by atoms with E-state index in [1.165, 1.54) is 6.07 Å². The maximum absolute atomic E-state index is 15.2. The van der Waals surface area contributed by atoms with Gasteiger partial charge in [0.2, 0.25) is 5.82 Å². The van der Waals surface area contributed by atoms with Crippen LogP contribution in [0, 0.1) is 23.3 Å². The van der Waals surface area contributed by atoms with Crippen molar-refractivity contribution in [3.05, 3.63) is 82.9 Å². The van der Waals surface area contributed by atoms with Gasteiger partial charge < -0.3 is 14.2 Å². The van der Waals surface area contributed by atoms with Crippen molar-refractivity contribution in [3.8, 4) is 22.6 Å². The maximum atomic E-state index is 15.2. The molecule has 3 aromatic carbocycles. The summed E-state index contributed by atoms with van der Waals surface area (Å²) in [6, 6.07) is 12.5. The molecule has 41 heavy (non-hydrogen) atoms. The Labute approximate surface area is 238 Å². The Bertz CT molecular complexity index is 1320. The van der Waals surface area contributed by atoms with Crippen molar-refractivity contribution < 1.29 is 36.6 Å². The Morgan fingerprint density at radius 2 is 1.39 bits per heavy atom. The fourth-order valence-corrected chi connectivity index (χ4v) is 5.00. The van der Waals surface area contributed by atoms with Gasteiger partial charge in [0, 0.05) is 5.56 Å². The lowest BCUT2D eigenvalue weighted by Crippen LogP contribution is -2.25. The zero-order valence-corrected chi connectivity index (χ0v) is 23.5. The molecule has 0 radical (unpaired) electrons. The standard InChI is InChI=1S/C33H36F4O4/c1-3-5-19-39-23-11-7-21(8-12-23)25-15-16-26(30(35)29(25)34)22-9-13-24(14-10-22)41-33(38)27-17-18-28(32(37)31(27)36)40-20-6-4-2/h7-8,11-12,15-18,22,24H,3-6,9-10,13-14,19-20H2,1-2H3. The molecule has 1 aliphatic carbocycles. The van der Waals surface area contributed by atoms with Crippen LogP contribution in [0.3, 0.4) is 0 Å². The third-order valence-corrected chi connectivity index (χ3v) is 7.45. The Hall–Kier alpha value is -3.55. The second-order valence-electron chi connectivity index (χ2n) is 10.4. The van der Waals surface area contributed by atoms with E-state index < -0.39 is 40.9 Å². The van der Waals surface area contributed by atoms with Crippen molar-refractivity contribution in [3.63, 3.8) is 0 Å². The number of hydrogen-bond donors (Lipinski definition) is 0. The van der Waals surface area contributed by atoms with Gasteiger partial charge in [-0.3, -0.25) is 0 Å². The molecule has 0 saturated heterocycles. The monoisotopic (exact) mass is 572 g/mol. The van der Waals surface area contributed by atoms with E-state index in [4.69, 9.17) is 14.2 Å². The maximum Gasteiger partial charge on any atom is 0.341 e. The molecular weight excluding hydrogens is 536 g/mol. The first-order valence-electron chi connectivity index (χ1n) is 14.4. The molecule has 3 aromatic rings. The Morgan fingerprint density at radius 1 is 0.732 bits per heavy atom. The Balaban J connectivity index is 1.35. The summed E-state index contributed by atoms with van der Waals surface area (Å²) in [5.74, 6) is -5.11. The molecule has 0 atom stereocenters. The van der Waals surface area contributed by atoms with Gasteiger partial charge in [0.05, 0.1) is 18.8 Å². The van der Waals surface area contributed by atoms with Crippen LogP contribution in [0.2, 0.25) is 0 Å². The van der Waals surface area contributed by atoms with Crippen molar-refractivity contribution in [2.24, 2.45) is 0 Å². The minimum Gasteiger partial charge on any atom is -0.494 e. The number of ether oxygens (including phenoxy) is 3. The highest BCUT2D eigenvalue weighted by Gasteiger charge is 2.30. The highest BCUT2D eigenvalue weighted by molar-refractivity contribution is 5.90. The van der Waals surface area contributed by atoms with Gasteiger partial charge in [0.25, 0.3) is 0 Å². The number of unbranched alkanes of at least 4 members (excludes halogenated alkanes) is 2. The van der Waals surface area contributed by atoms with Gasteiger partial charge >= 0.3 is 5.97 Å². The third kappa shape index (κ3) is 7.40. The minimum atomic E-state index is -1.31. The van der Waals surface area contributed by atoms with E-state index in [0.29, 0.717) is 50.0 Å². The first kappa shape index (κ1) is 30.4. The average Bonchev–Trinajstić information content (AvgIpc) is 2.98. The van der Waals surface area contributed by atoms with Gasteiger partial charge in [-0.05, 0) is 79.8 Å². The lowest BCUT2D eigenvalue weighted by molar-refractivity contribution is 0.0188. The van der Waals surface area contributed by atoms with Crippen LogP contribution >= 0.6 is 0 Å². The van der Waals surface area contributed by atoms with Crippen molar-refractivity contribution in [1.29, 1.82) is 0 Å². The second kappa shape index (κ2) is 14.4. The Kier molecular flexibility index (Phi) is 10.7. The van der Waals surface area contributed by atoms with Crippen LogP contribution in [0.5, 0.6) is 11.5 Å². The number of esters is 1. The van der Waals surface area contributed by atoms with E-state index in [1.54, 1.807) is 36.4 Å². The molecule has 0 aliphatic heterocycles. The van der Waals surface area contributed by atoms with E-state index in [0.717, 1.165) is 25.3 Å². The minimum absolute atomic E-state index is 0.171. The smallest absolute Gasteiger partial charge is 0.341 e. The van der Waals surface area contributed by atoms with Crippen LogP contribution in [0.4, 0.5) is 17.6 Å². The van der Waals surface area contributed by atoms with Crippen LogP contribution in [0.25, 0.3) is 11.1 Å². The predicted molar refractivity (Wildman–Crippen MR) is 149 cm³/mol. The summed E-state index contributed by atoms with van der Waals surface area (Å²) in [5.41, 5.74) is 0.500. The second-order valence-corrected chi connectivity index (χ2v) is 10.4. The van der Waals surface area contributed by atoms with E-state index in [9.17, 15) is 13.6 Å². The van der Waals surface area contributed by atoms with E-state index in [1.807, 2.05) is 6.92 Å². The van der Waals surface area contributed by atoms with Crippen LogP contribution < -0.4 is 9.47 Å². The first-order chi connectivity index (χ1) is 19.8. The molecule has 0 amide bonds. The molecule has 8 heteroatoms. The largest absolute Gasteiger partial charge is 0.494 e. The highest BCUT2D eigenvalue weighted by atomic mass is 19.2. The van der Waals surface area contributed by atoms with E-state index >= 15 is 8.78 Å². The van der Waals surface area contributed by atoms with Gasteiger partial charge in [-0.15, -0.1) is 0 Å². The van der Waals surface area contributed by atoms with Crippen LogP contribution in [-0.2, 0) is 4.74 Å². The zero-order chi connectivity index (χ0) is 29.4. The molecule has 220 valence electrons. The zero-order valence-electron chi connectivity index (χ0n) is 23.5. The lowest BCUT2D eigenvalue weighted by Gasteiger charge is -2.29. The number of hydrogen-bond acceptors (Lipinski definition) is 4. The van der Waals surface area contributed by atoms with Gasteiger partial charge in [-0.25, -0.2) is 18.0 Å². The number of carbonyl (C=O) groups excluding carboxylic acids is 1. The van der Waals surface area contributed by atoms with Crippen molar-refractivity contribution >= 4 is 5.97 Å². The fraction of sp³-hybridized carbons (Fsp3) is 0.424. The topological polar surface area (TPSA) is 44.8 Å². The van der Waals surface area contributed by atoms with E-state index in [2.05, 4.69) is 6.92 Å². The summed E-state index contributed by atoms with van der Waals surface area (Å²) in [6.45, 7) is 4.87. The quantitative estimate of drug-likeness (QED) is 0.123. The van der Waals surface area contributed by atoms with E-state index in [-0.39, 0.29) is 29.4 Å². The summed E-state index contributed by atoms with van der Waals surface area (Å²) in [7, 11) is 0. The van der Waals surface area contributed by atoms with Gasteiger partial charge in [-0.1, -0.05) is 51.0 Å². The fourth-order valence-electron chi connectivity index (χ4n) is 5.00. The number of carbonyl (C=O) groups is 1. The molecule has 0 N–H and O–H groups in total. The highest BCUT2D eigenvalue weighted by Crippen LogP contribution is 2.38. The SMILES string of the molecule is CCCCOc1ccc(-c2ccc(C3CCC(OC(=O)c4ccc(OCCCC)c(F)c4F)CC3)c(F)c2F)cc1.